The minimum Gasteiger partial charge on any atom is -0.367 e. The number of hydrogen-bond acceptors (Lipinski definition) is 3. The van der Waals surface area contributed by atoms with Crippen molar-refractivity contribution in [2.75, 3.05) is 18.5 Å². The number of carbonyl (C=O) groups is 2. The lowest BCUT2D eigenvalue weighted by Crippen LogP contribution is -2.47. The highest BCUT2D eigenvalue weighted by Crippen LogP contribution is 2.37. The van der Waals surface area contributed by atoms with Crippen LogP contribution in [0.15, 0.2) is 65.9 Å². The molecule has 2 aromatic carbocycles. The third-order valence-corrected chi connectivity index (χ3v) is 5.88. The molecule has 150 valence electrons. The van der Waals surface area contributed by atoms with Gasteiger partial charge in [0.05, 0.1) is 6.04 Å². The Bertz CT molecular complexity index is 934. The van der Waals surface area contributed by atoms with E-state index in [1.807, 2.05) is 18.2 Å². The molecule has 5 heteroatoms. The number of nitrogens with one attached hydrogen (secondary N) is 1. The van der Waals surface area contributed by atoms with Crippen molar-refractivity contribution >= 4 is 17.5 Å². The summed E-state index contributed by atoms with van der Waals surface area (Å²) in [5.41, 5.74) is 4.97. The number of benzene rings is 2. The van der Waals surface area contributed by atoms with Gasteiger partial charge in [-0.15, -0.1) is 0 Å². The summed E-state index contributed by atoms with van der Waals surface area (Å²) in [5.74, 6) is 0.145. The van der Waals surface area contributed by atoms with Crippen LogP contribution in [0.4, 0.5) is 10.5 Å². The molecular weight excluding hydrogens is 362 g/mol. The van der Waals surface area contributed by atoms with Crippen molar-refractivity contribution < 1.29 is 9.59 Å². The van der Waals surface area contributed by atoms with Crippen LogP contribution in [0.1, 0.15) is 43.4 Å². The number of ketones is 1. The number of urea groups is 1. The minimum absolute atomic E-state index is 0.145. The molecule has 1 N–H and O–H groups in total. The highest BCUT2D eigenvalue weighted by atomic mass is 16.2. The highest BCUT2D eigenvalue weighted by molar-refractivity contribution is 6.00. The molecule has 4 rings (SSSR count). The van der Waals surface area contributed by atoms with Gasteiger partial charge in [0.2, 0.25) is 0 Å². The number of amides is 2. The zero-order valence-electron chi connectivity index (χ0n) is 17.0. The number of carbonyl (C=O) groups excluding carboxylic acids is 2. The van der Waals surface area contributed by atoms with Crippen LogP contribution in [-0.4, -0.2) is 30.3 Å². The van der Waals surface area contributed by atoms with E-state index >= 15 is 0 Å². The normalized spacial score (nSPS) is 19.1. The summed E-state index contributed by atoms with van der Waals surface area (Å²) in [6.45, 7) is 3.88. The van der Waals surface area contributed by atoms with Crippen molar-refractivity contribution in [2.24, 2.45) is 0 Å². The molecule has 0 spiro atoms. The zero-order chi connectivity index (χ0) is 20.4. The van der Waals surface area contributed by atoms with E-state index in [0.717, 1.165) is 48.5 Å². The lowest BCUT2D eigenvalue weighted by Gasteiger charge is -2.37. The molecule has 0 bridgehead atoms. The van der Waals surface area contributed by atoms with Crippen LogP contribution in [-0.2, 0) is 11.3 Å². The fraction of sp³-hybridized carbons (Fsp3) is 0.333. The van der Waals surface area contributed by atoms with Crippen molar-refractivity contribution in [1.82, 2.24) is 10.2 Å². The molecule has 1 unspecified atom stereocenters. The summed E-state index contributed by atoms with van der Waals surface area (Å²) < 4.78 is 0. The Labute approximate surface area is 172 Å². The van der Waals surface area contributed by atoms with Gasteiger partial charge in [-0.1, -0.05) is 42.5 Å². The van der Waals surface area contributed by atoms with E-state index in [1.54, 1.807) is 11.9 Å². The first-order valence-corrected chi connectivity index (χ1v) is 10.3. The molecule has 0 saturated carbocycles. The number of rotatable bonds is 5. The Balaban J connectivity index is 1.60. The molecule has 0 radical (unpaired) electrons. The second-order valence-corrected chi connectivity index (χ2v) is 7.67. The molecule has 0 aromatic heterocycles. The summed E-state index contributed by atoms with van der Waals surface area (Å²) >= 11 is 0. The quantitative estimate of drug-likeness (QED) is 0.824. The minimum atomic E-state index is -0.361. The van der Waals surface area contributed by atoms with Crippen LogP contribution in [0.5, 0.6) is 0 Å². The number of anilines is 1. The van der Waals surface area contributed by atoms with E-state index in [1.165, 1.54) is 5.56 Å². The first-order valence-electron chi connectivity index (χ1n) is 10.3. The van der Waals surface area contributed by atoms with Gasteiger partial charge in [0.15, 0.2) is 5.78 Å². The smallest absolute Gasteiger partial charge is 0.322 e. The monoisotopic (exact) mass is 389 g/mol. The van der Waals surface area contributed by atoms with Crippen molar-refractivity contribution in [2.45, 2.75) is 38.8 Å². The van der Waals surface area contributed by atoms with Gasteiger partial charge in [-0.25, -0.2) is 4.79 Å². The van der Waals surface area contributed by atoms with Gasteiger partial charge in [0.25, 0.3) is 0 Å². The average Bonchev–Trinajstić information content (AvgIpc) is 2.75. The van der Waals surface area contributed by atoms with Crippen LogP contribution >= 0.6 is 0 Å². The second-order valence-electron chi connectivity index (χ2n) is 7.67. The molecule has 1 atom stereocenters. The Hall–Kier alpha value is -3.08. The first-order chi connectivity index (χ1) is 14.1. The molecule has 0 fully saturated rings. The van der Waals surface area contributed by atoms with Gasteiger partial charge in [-0.2, -0.15) is 0 Å². The average molecular weight is 389 g/mol. The maximum absolute atomic E-state index is 12.6. The third kappa shape index (κ3) is 3.77. The molecule has 0 saturated heterocycles. The fourth-order valence-electron chi connectivity index (χ4n) is 4.25. The SMILES string of the molecule is CCN(Cc1ccccc1)c1ccc(C2NC(=O)N(C)C3=C2C(=O)CCC3)cc1. The summed E-state index contributed by atoms with van der Waals surface area (Å²) in [4.78, 5) is 29.0. The van der Waals surface area contributed by atoms with Crippen LogP contribution in [0.2, 0.25) is 0 Å². The molecule has 1 aliphatic carbocycles. The van der Waals surface area contributed by atoms with Crippen LogP contribution in [0, 0.1) is 0 Å². The van der Waals surface area contributed by atoms with E-state index in [0.29, 0.717) is 6.42 Å². The molecule has 2 aromatic rings. The predicted octanol–water partition coefficient (Wildman–Crippen LogP) is 4.42. The van der Waals surface area contributed by atoms with Crippen molar-refractivity contribution in [3.63, 3.8) is 0 Å². The van der Waals surface area contributed by atoms with Crippen LogP contribution in [0.25, 0.3) is 0 Å². The Kier molecular flexibility index (Phi) is 5.38. The number of hydrogen-bond donors (Lipinski definition) is 1. The number of allylic oxidation sites excluding steroid dienone is 1. The van der Waals surface area contributed by atoms with Crippen LogP contribution in [0.3, 0.4) is 0 Å². The third-order valence-electron chi connectivity index (χ3n) is 5.88. The zero-order valence-corrected chi connectivity index (χ0v) is 17.0. The van der Waals surface area contributed by atoms with Gasteiger partial charge < -0.3 is 15.1 Å². The van der Waals surface area contributed by atoms with Crippen LogP contribution < -0.4 is 10.2 Å². The van der Waals surface area contributed by atoms with E-state index in [4.69, 9.17) is 0 Å². The summed E-state index contributed by atoms with van der Waals surface area (Å²) in [5, 5.41) is 3.01. The summed E-state index contributed by atoms with van der Waals surface area (Å²) in [7, 11) is 1.74. The molecule has 1 aliphatic heterocycles. The van der Waals surface area contributed by atoms with Crippen molar-refractivity contribution in [3.05, 3.63) is 77.0 Å². The predicted molar refractivity (Wildman–Crippen MR) is 115 cm³/mol. The van der Waals surface area contributed by atoms with Crippen molar-refractivity contribution in [1.29, 1.82) is 0 Å². The first kappa shape index (κ1) is 19.2. The maximum Gasteiger partial charge on any atom is 0.322 e. The topological polar surface area (TPSA) is 52.7 Å². The van der Waals surface area contributed by atoms with E-state index in [2.05, 4.69) is 53.5 Å². The van der Waals surface area contributed by atoms with E-state index < -0.39 is 0 Å². The standard InChI is InChI=1S/C24H27N3O2/c1-3-27(16-17-8-5-4-6-9-17)19-14-12-18(13-15-19)23-22-20(10-7-11-21(22)28)26(2)24(29)25-23/h4-6,8-9,12-15,23H,3,7,10-11,16H2,1-2H3,(H,25,29). The Morgan fingerprint density at radius 1 is 1.03 bits per heavy atom. The molecule has 29 heavy (non-hydrogen) atoms. The van der Waals surface area contributed by atoms with Gasteiger partial charge in [0.1, 0.15) is 0 Å². The Morgan fingerprint density at radius 2 is 1.76 bits per heavy atom. The largest absolute Gasteiger partial charge is 0.367 e. The van der Waals surface area contributed by atoms with Gasteiger partial charge in [-0.3, -0.25) is 4.79 Å². The lowest BCUT2D eigenvalue weighted by atomic mass is 9.85. The molecule has 5 nitrogen and oxygen atoms in total. The van der Waals surface area contributed by atoms with E-state index in [9.17, 15) is 9.59 Å². The molecule has 1 heterocycles. The Morgan fingerprint density at radius 3 is 2.45 bits per heavy atom. The van der Waals surface area contributed by atoms with Crippen molar-refractivity contribution in [3.8, 4) is 0 Å². The summed E-state index contributed by atoms with van der Waals surface area (Å²) in [6.07, 6.45) is 2.14. The number of nitrogens with zero attached hydrogens (tertiary/aromatic N) is 2. The molecule has 2 aliphatic rings. The highest BCUT2D eigenvalue weighted by Gasteiger charge is 2.37. The van der Waals surface area contributed by atoms with Gasteiger partial charge in [0, 0.05) is 43.5 Å². The second kappa shape index (κ2) is 8.11. The lowest BCUT2D eigenvalue weighted by molar-refractivity contribution is -0.116. The van der Waals surface area contributed by atoms with Gasteiger partial charge >= 0.3 is 6.03 Å². The van der Waals surface area contributed by atoms with Gasteiger partial charge in [-0.05, 0) is 43.0 Å². The summed E-state index contributed by atoms with van der Waals surface area (Å²) in [6, 6.07) is 18.1. The number of Topliss-reactive ketones (excluding diaryl/α,β-unsaturated/α-hetero) is 1. The maximum atomic E-state index is 12.6. The fourth-order valence-corrected chi connectivity index (χ4v) is 4.25. The van der Waals surface area contributed by atoms with E-state index in [-0.39, 0.29) is 17.9 Å². The molecule has 2 amide bonds. The molecular formula is C24H27N3O2.